The van der Waals surface area contributed by atoms with Gasteiger partial charge in [-0.2, -0.15) is 0 Å². The summed E-state index contributed by atoms with van der Waals surface area (Å²) in [5.41, 5.74) is 0. The second-order valence-corrected chi connectivity index (χ2v) is 29.4. The van der Waals surface area contributed by atoms with Crippen molar-refractivity contribution < 1.29 is 42.9 Å². The number of carbonyl (C=O) groups excluding carboxylic acids is 2. The Balaban J connectivity index is 3.95. The SMILES string of the molecule is CC/C=C\C/C=C\C/C=C\C/C=C\C/C=C\C/C=C\CCCCCCCCCCCCCCC(=O)OC(COC(=O)CCCCCCCCCCCCCCCCCCCCCCCCCCCCCCC/C=C\CCCCCCCCCC)COC(OCC[N+](C)(C)C)C(=O)O. The van der Waals surface area contributed by atoms with E-state index in [4.69, 9.17) is 18.9 Å². The van der Waals surface area contributed by atoms with Gasteiger partial charge in [0.2, 0.25) is 0 Å². The van der Waals surface area contributed by atoms with Crippen molar-refractivity contribution in [3.63, 3.8) is 0 Å². The van der Waals surface area contributed by atoms with Crippen LogP contribution in [0, 0.1) is 0 Å². The lowest BCUT2D eigenvalue weighted by molar-refractivity contribution is -0.870. The zero-order valence-corrected chi connectivity index (χ0v) is 64.7. The predicted octanol–water partition coefficient (Wildman–Crippen LogP) is 26.9. The lowest BCUT2D eigenvalue weighted by Crippen LogP contribution is -2.40. The maximum atomic E-state index is 13.0. The molecule has 0 radical (unpaired) electrons. The first-order chi connectivity index (χ1) is 47.6. The third-order valence-electron chi connectivity index (χ3n) is 18.6. The third kappa shape index (κ3) is 79.7. The lowest BCUT2D eigenvalue weighted by atomic mass is 10.0. The van der Waals surface area contributed by atoms with Crippen LogP contribution in [0.3, 0.4) is 0 Å². The maximum absolute atomic E-state index is 13.0. The van der Waals surface area contributed by atoms with Crippen LogP contribution in [-0.4, -0.2) is 87.4 Å². The fraction of sp³-hybridized carbons (Fsp3) is 0.807. The lowest BCUT2D eigenvalue weighted by Gasteiger charge is -2.25. The molecule has 97 heavy (non-hydrogen) atoms. The Kier molecular flexibility index (Phi) is 75.3. The van der Waals surface area contributed by atoms with Crippen LogP contribution in [0.15, 0.2) is 85.1 Å². The Morgan fingerprint density at radius 2 is 0.588 bits per heavy atom. The second kappa shape index (κ2) is 78.2. The van der Waals surface area contributed by atoms with Crippen LogP contribution >= 0.6 is 0 Å². The van der Waals surface area contributed by atoms with Crippen molar-refractivity contribution in [2.24, 2.45) is 0 Å². The Bertz CT molecular complexity index is 1870. The van der Waals surface area contributed by atoms with Crippen molar-refractivity contribution in [3.05, 3.63) is 85.1 Å². The van der Waals surface area contributed by atoms with Crippen LogP contribution in [0.25, 0.3) is 0 Å². The summed E-state index contributed by atoms with van der Waals surface area (Å²) in [7, 11) is 5.99. The second-order valence-electron chi connectivity index (χ2n) is 29.4. The van der Waals surface area contributed by atoms with E-state index in [1.165, 1.54) is 289 Å². The number of esters is 2. The van der Waals surface area contributed by atoms with E-state index in [-0.39, 0.29) is 32.2 Å². The van der Waals surface area contributed by atoms with Gasteiger partial charge in [-0.25, -0.2) is 4.79 Å². The molecule has 564 valence electrons. The van der Waals surface area contributed by atoms with Crippen LogP contribution in [0.1, 0.15) is 399 Å². The van der Waals surface area contributed by atoms with Gasteiger partial charge >= 0.3 is 17.9 Å². The highest BCUT2D eigenvalue weighted by Crippen LogP contribution is 2.20. The minimum Gasteiger partial charge on any atom is -0.477 e. The van der Waals surface area contributed by atoms with Gasteiger partial charge in [-0.1, -0.05) is 381 Å². The molecule has 0 saturated heterocycles. The van der Waals surface area contributed by atoms with E-state index in [9.17, 15) is 19.5 Å². The molecule has 0 aromatic carbocycles. The number of hydrogen-bond donors (Lipinski definition) is 1. The van der Waals surface area contributed by atoms with Crippen molar-refractivity contribution in [1.29, 1.82) is 0 Å². The van der Waals surface area contributed by atoms with Gasteiger partial charge in [0.1, 0.15) is 13.2 Å². The molecule has 0 spiro atoms. The highest BCUT2D eigenvalue weighted by molar-refractivity contribution is 5.71. The number of aliphatic carboxylic acids is 1. The number of rotatable bonds is 78. The normalized spacial score (nSPS) is 13.0. The van der Waals surface area contributed by atoms with Gasteiger partial charge in [-0.05, 0) is 89.9 Å². The number of quaternary nitrogens is 1. The summed E-state index contributed by atoms with van der Waals surface area (Å²) in [6.07, 6.45) is 105. The summed E-state index contributed by atoms with van der Waals surface area (Å²) in [6.45, 7) is 4.81. The van der Waals surface area contributed by atoms with Gasteiger partial charge in [0.25, 0.3) is 6.29 Å². The van der Waals surface area contributed by atoms with Crippen molar-refractivity contribution in [1.82, 2.24) is 0 Å². The van der Waals surface area contributed by atoms with E-state index in [0.717, 1.165) is 83.5 Å². The molecule has 0 aromatic heterocycles. The summed E-state index contributed by atoms with van der Waals surface area (Å²) in [4.78, 5) is 37.8. The molecular formula is C88H160NO8+. The number of hydrogen-bond acceptors (Lipinski definition) is 7. The number of carboxylic acid groups (broad SMARTS) is 1. The van der Waals surface area contributed by atoms with Crippen LogP contribution in [0.5, 0.6) is 0 Å². The van der Waals surface area contributed by atoms with Gasteiger partial charge in [0.15, 0.2) is 6.10 Å². The Labute approximate surface area is 601 Å². The summed E-state index contributed by atoms with van der Waals surface area (Å²) in [6, 6.07) is 0. The summed E-state index contributed by atoms with van der Waals surface area (Å²) < 4.78 is 23.1. The topological polar surface area (TPSA) is 108 Å². The molecule has 0 saturated carbocycles. The highest BCUT2D eigenvalue weighted by Gasteiger charge is 2.25. The van der Waals surface area contributed by atoms with Gasteiger partial charge in [-0.3, -0.25) is 9.59 Å². The molecule has 0 aliphatic heterocycles. The molecule has 2 unspecified atom stereocenters. The Morgan fingerprint density at radius 1 is 0.320 bits per heavy atom. The van der Waals surface area contributed by atoms with Gasteiger partial charge in [0, 0.05) is 12.8 Å². The summed E-state index contributed by atoms with van der Waals surface area (Å²) in [5.74, 6) is -1.99. The molecule has 0 bridgehead atoms. The fourth-order valence-corrected chi connectivity index (χ4v) is 12.3. The molecule has 0 aliphatic rings. The zero-order chi connectivity index (χ0) is 70.4. The number of carbonyl (C=O) groups is 3. The monoisotopic (exact) mass is 1360 g/mol. The molecule has 0 aliphatic carbocycles. The van der Waals surface area contributed by atoms with Crippen LogP contribution in [0.4, 0.5) is 0 Å². The van der Waals surface area contributed by atoms with E-state index in [1.807, 2.05) is 21.1 Å². The summed E-state index contributed by atoms with van der Waals surface area (Å²) in [5, 5.41) is 9.78. The first kappa shape index (κ1) is 93.5. The van der Waals surface area contributed by atoms with Crippen molar-refractivity contribution >= 4 is 17.9 Å². The molecule has 0 fully saturated rings. The maximum Gasteiger partial charge on any atom is 0.361 e. The summed E-state index contributed by atoms with van der Waals surface area (Å²) >= 11 is 0. The molecule has 2 atom stereocenters. The average Bonchev–Trinajstić information content (AvgIpc) is 2.39. The van der Waals surface area contributed by atoms with E-state index in [0.29, 0.717) is 17.4 Å². The first-order valence-corrected chi connectivity index (χ1v) is 41.8. The van der Waals surface area contributed by atoms with Crippen molar-refractivity contribution in [2.45, 2.75) is 411 Å². The quantitative estimate of drug-likeness (QED) is 0.0211. The number of likely N-dealkylation sites (N-methyl/N-ethyl adjacent to an activating group) is 1. The van der Waals surface area contributed by atoms with Crippen LogP contribution in [0.2, 0.25) is 0 Å². The number of carboxylic acids is 1. The minimum absolute atomic E-state index is 0.181. The first-order valence-electron chi connectivity index (χ1n) is 41.8. The Hall–Kier alpha value is -3.53. The number of unbranched alkanes of at least 4 members (excludes halogenated alkanes) is 49. The van der Waals surface area contributed by atoms with Crippen LogP contribution < -0.4 is 0 Å². The highest BCUT2D eigenvalue weighted by atomic mass is 16.7. The van der Waals surface area contributed by atoms with Gasteiger partial charge < -0.3 is 28.5 Å². The molecule has 9 nitrogen and oxygen atoms in total. The standard InChI is InChI=1S/C88H159NO8/c1-6-8-10-12-14-16-18-20-22-24-26-28-30-32-34-36-38-39-40-41-42-43-44-45-46-47-49-50-52-54-56-58-60-62-64-66-68-70-72-74-76-78-85(90)95-82-84(83-96-88(87(92)93)94-81-80-89(3,4)5)97-86(91)79-77-75-73-71-69-67-65-63-61-59-57-55-53-51-48-37-35-33-31-29-27-25-23-21-19-17-15-13-11-9-7-2/h9,11,15,17,21,23-24,26-27,29,33,35,48,51,84,88H,6-8,10,12-14,16,18-20,22,25,28,30-32,34,36-47,49-50,52-83H2,1-5H3/p+1/b11-9-,17-15-,23-21-,26-24-,29-27-,35-33-,51-48-. The smallest absolute Gasteiger partial charge is 0.361 e. The molecule has 0 amide bonds. The molecule has 1 N–H and O–H groups in total. The van der Waals surface area contributed by atoms with E-state index in [1.54, 1.807) is 0 Å². The van der Waals surface area contributed by atoms with Crippen molar-refractivity contribution in [3.8, 4) is 0 Å². The third-order valence-corrected chi connectivity index (χ3v) is 18.6. The molecule has 9 heteroatoms. The van der Waals surface area contributed by atoms with Gasteiger partial charge in [0.05, 0.1) is 34.4 Å². The zero-order valence-electron chi connectivity index (χ0n) is 64.7. The molecule has 0 rings (SSSR count). The fourth-order valence-electron chi connectivity index (χ4n) is 12.3. The minimum atomic E-state index is -1.51. The molecular weight excluding hydrogens is 1200 g/mol. The van der Waals surface area contributed by atoms with E-state index < -0.39 is 24.3 Å². The van der Waals surface area contributed by atoms with E-state index in [2.05, 4.69) is 98.9 Å². The van der Waals surface area contributed by atoms with E-state index >= 15 is 0 Å². The van der Waals surface area contributed by atoms with Crippen LogP contribution in [-0.2, 0) is 33.3 Å². The van der Waals surface area contributed by atoms with Crippen molar-refractivity contribution in [2.75, 3.05) is 47.5 Å². The number of ether oxygens (including phenoxy) is 4. The van der Waals surface area contributed by atoms with Gasteiger partial charge in [-0.15, -0.1) is 0 Å². The average molecular weight is 1360 g/mol. The Morgan fingerprint density at radius 3 is 0.887 bits per heavy atom. The number of nitrogens with zero attached hydrogens (tertiary/aromatic N) is 1. The number of allylic oxidation sites excluding steroid dienone is 14. The molecule has 0 aromatic rings. The largest absolute Gasteiger partial charge is 0.477 e. The molecule has 0 heterocycles. The predicted molar refractivity (Wildman–Crippen MR) is 419 cm³/mol.